The van der Waals surface area contributed by atoms with Gasteiger partial charge in [0.2, 0.25) is 12.7 Å². The maximum atomic E-state index is 12.0. The highest BCUT2D eigenvalue weighted by Gasteiger charge is 2.42. The smallest absolute Gasteiger partial charge is 0.309 e. The molecule has 6 heteroatoms. The van der Waals surface area contributed by atoms with E-state index in [1.165, 1.54) is 4.90 Å². The van der Waals surface area contributed by atoms with Gasteiger partial charge in [-0.1, -0.05) is 0 Å². The minimum atomic E-state index is -0.941. The lowest BCUT2D eigenvalue weighted by molar-refractivity contribution is -0.142. The molecule has 1 saturated heterocycles. The number of carboxylic acids is 1. The van der Waals surface area contributed by atoms with E-state index in [1.54, 1.807) is 25.1 Å². The number of rotatable bonds is 2. The molecule has 6 nitrogen and oxygen atoms in total. The largest absolute Gasteiger partial charge is 0.481 e. The fraction of sp³-hybridized carbons (Fsp3) is 0.385. The van der Waals surface area contributed by atoms with Crippen molar-refractivity contribution < 1.29 is 24.2 Å². The van der Waals surface area contributed by atoms with Crippen LogP contribution in [0.5, 0.6) is 11.5 Å². The van der Waals surface area contributed by atoms with Crippen LogP contribution in [0.3, 0.4) is 0 Å². The summed E-state index contributed by atoms with van der Waals surface area (Å²) in [6.07, 6.45) is 0.0327. The summed E-state index contributed by atoms with van der Waals surface area (Å²) in [5, 5.41) is 9.10. The molecule has 2 heterocycles. The maximum absolute atomic E-state index is 12.0. The van der Waals surface area contributed by atoms with Gasteiger partial charge in [-0.3, -0.25) is 9.59 Å². The van der Waals surface area contributed by atoms with Crippen molar-refractivity contribution in [3.05, 3.63) is 18.2 Å². The standard InChI is InChI=1S/C13H13NO5/c1-7-9(13(16)17)5-12(15)14(7)8-2-3-10-11(4-8)19-6-18-10/h2-4,7,9H,5-6H2,1H3,(H,16,17). The first kappa shape index (κ1) is 11.8. The highest BCUT2D eigenvalue weighted by Crippen LogP contribution is 2.38. The average molecular weight is 263 g/mol. The van der Waals surface area contributed by atoms with Crippen LogP contribution in [0.4, 0.5) is 5.69 Å². The predicted octanol–water partition coefficient (Wildman–Crippen LogP) is 1.24. The Morgan fingerprint density at radius 3 is 2.79 bits per heavy atom. The number of carboxylic acid groups (broad SMARTS) is 1. The highest BCUT2D eigenvalue weighted by molar-refractivity contribution is 6.00. The molecule has 1 aromatic rings. The van der Waals surface area contributed by atoms with E-state index >= 15 is 0 Å². The molecular weight excluding hydrogens is 250 g/mol. The molecule has 0 bridgehead atoms. The van der Waals surface area contributed by atoms with Gasteiger partial charge in [0.05, 0.1) is 5.92 Å². The Balaban J connectivity index is 1.93. The molecule has 2 atom stereocenters. The third-order valence-electron chi connectivity index (χ3n) is 3.60. The van der Waals surface area contributed by atoms with Gasteiger partial charge in [0.15, 0.2) is 11.5 Å². The summed E-state index contributed by atoms with van der Waals surface area (Å²) in [6.45, 7) is 1.91. The second-order valence-corrected chi connectivity index (χ2v) is 4.69. The third kappa shape index (κ3) is 1.80. The van der Waals surface area contributed by atoms with Crippen LogP contribution in [0.15, 0.2) is 18.2 Å². The van der Waals surface area contributed by atoms with Crippen LogP contribution in [0.1, 0.15) is 13.3 Å². The highest BCUT2D eigenvalue weighted by atomic mass is 16.7. The lowest BCUT2D eigenvalue weighted by atomic mass is 10.0. The van der Waals surface area contributed by atoms with Gasteiger partial charge in [-0.05, 0) is 19.1 Å². The summed E-state index contributed by atoms with van der Waals surface area (Å²) >= 11 is 0. The van der Waals surface area contributed by atoms with Gasteiger partial charge in [-0.2, -0.15) is 0 Å². The van der Waals surface area contributed by atoms with Crippen molar-refractivity contribution in [3.8, 4) is 11.5 Å². The van der Waals surface area contributed by atoms with E-state index in [1.807, 2.05) is 0 Å². The van der Waals surface area contributed by atoms with Crippen LogP contribution in [0.25, 0.3) is 0 Å². The number of amides is 1. The van der Waals surface area contributed by atoms with E-state index in [-0.39, 0.29) is 25.2 Å². The quantitative estimate of drug-likeness (QED) is 0.868. The molecule has 1 fully saturated rings. The average Bonchev–Trinajstić information content (AvgIpc) is 2.93. The van der Waals surface area contributed by atoms with Gasteiger partial charge >= 0.3 is 5.97 Å². The summed E-state index contributed by atoms with van der Waals surface area (Å²) in [4.78, 5) is 24.6. The van der Waals surface area contributed by atoms with Crippen molar-refractivity contribution in [1.29, 1.82) is 0 Å². The number of hydrogen-bond acceptors (Lipinski definition) is 4. The lowest BCUT2D eigenvalue weighted by Crippen LogP contribution is -2.34. The Bertz CT molecular complexity index is 556. The SMILES string of the molecule is CC1C(C(=O)O)CC(=O)N1c1ccc2c(c1)OCO2. The topological polar surface area (TPSA) is 76.1 Å². The van der Waals surface area contributed by atoms with Crippen molar-refractivity contribution in [3.63, 3.8) is 0 Å². The number of ether oxygens (including phenoxy) is 2. The normalized spacial score (nSPS) is 24.9. The fourth-order valence-electron chi connectivity index (χ4n) is 2.57. The summed E-state index contributed by atoms with van der Waals surface area (Å²) in [5.41, 5.74) is 0.644. The van der Waals surface area contributed by atoms with Crippen molar-refractivity contribution in [2.75, 3.05) is 11.7 Å². The van der Waals surface area contributed by atoms with Crippen LogP contribution in [0, 0.1) is 5.92 Å². The number of hydrogen-bond donors (Lipinski definition) is 1. The Morgan fingerprint density at radius 1 is 1.37 bits per heavy atom. The van der Waals surface area contributed by atoms with Crippen molar-refractivity contribution in [1.82, 2.24) is 0 Å². The first-order chi connectivity index (χ1) is 9.08. The third-order valence-corrected chi connectivity index (χ3v) is 3.60. The Morgan fingerprint density at radius 2 is 2.11 bits per heavy atom. The van der Waals surface area contributed by atoms with E-state index in [4.69, 9.17) is 14.6 Å². The Labute approximate surface area is 109 Å². The van der Waals surface area contributed by atoms with Gasteiger partial charge in [0.1, 0.15) is 0 Å². The second-order valence-electron chi connectivity index (χ2n) is 4.69. The van der Waals surface area contributed by atoms with E-state index in [0.717, 1.165) is 0 Å². The van der Waals surface area contributed by atoms with E-state index < -0.39 is 11.9 Å². The van der Waals surface area contributed by atoms with E-state index in [0.29, 0.717) is 17.2 Å². The number of anilines is 1. The van der Waals surface area contributed by atoms with Crippen molar-refractivity contribution in [2.45, 2.75) is 19.4 Å². The van der Waals surface area contributed by atoms with Crippen molar-refractivity contribution in [2.24, 2.45) is 5.92 Å². The summed E-state index contributed by atoms with van der Waals surface area (Å²) in [6, 6.07) is 4.81. The molecule has 1 aromatic carbocycles. The molecule has 0 aliphatic carbocycles. The molecule has 1 N–H and O–H groups in total. The molecule has 0 aromatic heterocycles. The molecule has 3 rings (SSSR count). The Hall–Kier alpha value is -2.24. The molecule has 100 valence electrons. The zero-order chi connectivity index (χ0) is 13.6. The van der Waals surface area contributed by atoms with Crippen LogP contribution in [0.2, 0.25) is 0 Å². The zero-order valence-corrected chi connectivity index (χ0v) is 10.3. The van der Waals surface area contributed by atoms with Crippen LogP contribution >= 0.6 is 0 Å². The van der Waals surface area contributed by atoms with Crippen LogP contribution < -0.4 is 14.4 Å². The van der Waals surface area contributed by atoms with E-state index in [9.17, 15) is 9.59 Å². The number of carbonyl (C=O) groups excluding carboxylic acids is 1. The number of nitrogens with zero attached hydrogens (tertiary/aromatic N) is 1. The fourth-order valence-corrected chi connectivity index (χ4v) is 2.57. The first-order valence-corrected chi connectivity index (χ1v) is 6.02. The molecular formula is C13H13NO5. The predicted molar refractivity (Wildman–Crippen MR) is 65.3 cm³/mol. The first-order valence-electron chi connectivity index (χ1n) is 6.02. The van der Waals surface area contributed by atoms with Crippen LogP contribution in [-0.2, 0) is 9.59 Å². The minimum Gasteiger partial charge on any atom is -0.481 e. The molecule has 2 aliphatic rings. The molecule has 2 unspecified atom stereocenters. The number of carbonyl (C=O) groups is 2. The monoisotopic (exact) mass is 263 g/mol. The maximum Gasteiger partial charge on any atom is 0.309 e. The van der Waals surface area contributed by atoms with Gasteiger partial charge < -0.3 is 19.5 Å². The molecule has 1 amide bonds. The summed E-state index contributed by atoms with van der Waals surface area (Å²) in [5.74, 6) is -0.574. The number of benzene rings is 1. The minimum absolute atomic E-state index is 0.0327. The molecule has 0 spiro atoms. The van der Waals surface area contributed by atoms with Crippen molar-refractivity contribution >= 4 is 17.6 Å². The van der Waals surface area contributed by atoms with Gasteiger partial charge in [-0.15, -0.1) is 0 Å². The number of aliphatic carboxylic acids is 1. The molecule has 19 heavy (non-hydrogen) atoms. The van der Waals surface area contributed by atoms with Gasteiger partial charge in [-0.25, -0.2) is 0 Å². The zero-order valence-electron chi connectivity index (χ0n) is 10.3. The molecule has 0 saturated carbocycles. The van der Waals surface area contributed by atoms with Gasteiger partial charge in [0.25, 0.3) is 0 Å². The number of fused-ring (bicyclic) bond motifs is 1. The summed E-state index contributed by atoms with van der Waals surface area (Å²) < 4.78 is 10.5. The molecule has 2 aliphatic heterocycles. The van der Waals surface area contributed by atoms with E-state index in [2.05, 4.69) is 0 Å². The lowest BCUT2D eigenvalue weighted by Gasteiger charge is -2.23. The summed E-state index contributed by atoms with van der Waals surface area (Å²) in [7, 11) is 0. The molecule has 0 radical (unpaired) electrons. The van der Waals surface area contributed by atoms with Gasteiger partial charge in [0, 0.05) is 24.2 Å². The Kier molecular flexibility index (Phi) is 2.58. The van der Waals surface area contributed by atoms with Crippen LogP contribution in [-0.4, -0.2) is 29.8 Å². The second kappa shape index (κ2) is 4.15.